The predicted octanol–water partition coefficient (Wildman–Crippen LogP) is 5.67. The molecule has 0 atom stereocenters. The molecule has 7 nitrogen and oxygen atoms in total. The largest absolute Gasteiger partial charge is 0.497 e. The first kappa shape index (κ1) is 26.6. The minimum Gasteiger partial charge on any atom is -0.497 e. The fourth-order valence-corrected chi connectivity index (χ4v) is 4.96. The zero-order valence-corrected chi connectivity index (χ0v) is 22.7. The highest BCUT2D eigenvalue weighted by Crippen LogP contribution is 2.27. The summed E-state index contributed by atoms with van der Waals surface area (Å²) in [5, 5.41) is 1.66. The highest BCUT2D eigenvalue weighted by atomic mass is 16.6. The van der Waals surface area contributed by atoms with Crippen molar-refractivity contribution in [2.75, 3.05) is 31.6 Å². The van der Waals surface area contributed by atoms with Crippen LogP contribution in [0.4, 0.5) is 10.5 Å². The van der Waals surface area contributed by atoms with Gasteiger partial charge in [0.2, 0.25) is 0 Å². The van der Waals surface area contributed by atoms with Crippen LogP contribution < -0.4 is 15.2 Å². The number of anilines is 1. The second-order valence-corrected chi connectivity index (χ2v) is 10.8. The molecule has 1 aliphatic rings. The summed E-state index contributed by atoms with van der Waals surface area (Å²) in [6, 6.07) is 16.3. The molecule has 37 heavy (non-hydrogen) atoms. The third-order valence-corrected chi connectivity index (χ3v) is 6.83. The van der Waals surface area contributed by atoms with Gasteiger partial charge in [0.15, 0.2) is 0 Å². The Labute approximate surface area is 219 Å². The van der Waals surface area contributed by atoms with Gasteiger partial charge < -0.3 is 23.8 Å². The van der Waals surface area contributed by atoms with Crippen LogP contribution in [-0.4, -0.2) is 53.9 Å². The number of rotatable bonds is 7. The molecule has 0 N–H and O–H groups in total. The van der Waals surface area contributed by atoms with E-state index >= 15 is 0 Å². The van der Waals surface area contributed by atoms with E-state index in [2.05, 4.69) is 24.0 Å². The van der Waals surface area contributed by atoms with E-state index in [1.54, 1.807) is 11.7 Å². The summed E-state index contributed by atoms with van der Waals surface area (Å²) in [7, 11) is 1.64. The Hall–Kier alpha value is -3.48. The Bertz CT molecular complexity index is 1270. The second kappa shape index (κ2) is 11.3. The molecule has 0 aliphatic carbocycles. The number of likely N-dealkylation sites (tertiary alicyclic amines) is 1. The van der Waals surface area contributed by atoms with Crippen LogP contribution in [0.25, 0.3) is 10.8 Å². The third kappa shape index (κ3) is 6.45. The molecule has 0 saturated carbocycles. The van der Waals surface area contributed by atoms with Crippen molar-refractivity contribution < 1.29 is 14.3 Å². The van der Waals surface area contributed by atoms with Crippen molar-refractivity contribution in [3.05, 3.63) is 70.6 Å². The maximum absolute atomic E-state index is 13.2. The van der Waals surface area contributed by atoms with Crippen molar-refractivity contribution in [3.63, 3.8) is 0 Å². The molecule has 0 unspecified atom stereocenters. The average Bonchev–Trinajstić information content (AvgIpc) is 2.88. The number of piperidine rings is 1. The number of hydrogen-bond donors (Lipinski definition) is 0. The van der Waals surface area contributed by atoms with Crippen LogP contribution in [0.3, 0.4) is 0 Å². The van der Waals surface area contributed by atoms with Gasteiger partial charge in [-0.25, -0.2) is 4.79 Å². The molecule has 2 aromatic carbocycles. The lowest BCUT2D eigenvalue weighted by molar-refractivity contribution is 0.0204. The smallest absolute Gasteiger partial charge is 0.410 e. The zero-order chi connectivity index (χ0) is 26.6. The summed E-state index contributed by atoms with van der Waals surface area (Å²) in [4.78, 5) is 30.0. The molecule has 2 heterocycles. The lowest BCUT2D eigenvalue weighted by Gasteiger charge is -2.40. The maximum atomic E-state index is 13.2. The molecule has 198 valence electrons. The van der Waals surface area contributed by atoms with Crippen molar-refractivity contribution in [2.45, 2.75) is 65.1 Å². The molecule has 4 rings (SSSR count). The van der Waals surface area contributed by atoms with Gasteiger partial charge in [0, 0.05) is 42.9 Å². The van der Waals surface area contributed by atoms with E-state index in [0.29, 0.717) is 25.7 Å². The molecule has 3 aromatic rings. The summed E-state index contributed by atoms with van der Waals surface area (Å²) >= 11 is 0. The fourth-order valence-electron chi connectivity index (χ4n) is 4.96. The summed E-state index contributed by atoms with van der Waals surface area (Å²) in [6.45, 7) is 10.7. The first-order valence-electron chi connectivity index (χ1n) is 13.2. The summed E-state index contributed by atoms with van der Waals surface area (Å²) in [5.74, 6) is 0.800. The van der Waals surface area contributed by atoms with Gasteiger partial charge in [-0.3, -0.25) is 4.79 Å². The van der Waals surface area contributed by atoms with Crippen LogP contribution in [0.5, 0.6) is 5.75 Å². The van der Waals surface area contributed by atoms with Gasteiger partial charge in [0.05, 0.1) is 13.7 Å². The lowest BCUT2D eigenvalue weighted by Crippen LogP contribution is -2.48. The molecule has 7 heteroatoms. The molecular formula is C30H39N3O4. The fraction of sp³-hybridized carbons (Fsp3) is 0.467. The lowest BCUT2D eigenvalue weighted by atomic mass is 10.0. The number of aromatic nitrogens is 1. The molecule has 1 saturated heterocycles. The van der Waals surface area contributed by atoms with Crippen molar-refractivity contribution in [3.8, 4) is 5.75 Å². The molecule has 0 spiro atoms. The first-order chi connectivity index (χ1) is 17.7. The van der Waals surface area contributed by atoms with Crippen LogP contribution in [-0.2, 0) is 11.3 Å². The first-order valence-corrected chi connectivity index (χ1v) is 13.2. The Morgan fingerprint density at radius 3 is 2.38 bits per heavy atom. The quantitative estimate of drug-likeness (QED) is 0.414. The van der Waals surface area contributed by atoms with Crippen molar-refractivity contribution in [1.82, 2.24) is 9.47 Å². The Kier molecular flexibility index (Phi) is 8.10. The molecule has 1 amide bonds. The Balaban J connectivity index is 1.50. The van der Waals surface area contributed by atoms with E-state index in [0.717, 1.165) is 53.6 Å². The normalized spacial score (nSPS) is 14.6. The summed E-state index contributed by atoms with van der Waals surface area (Å²) < 4.78 is 12.5. The molecular weight excluding hydrogens is 466 g/mol. The standard InChI is InChI=1S/C30H39N3O4/c1-6-16-33(24-14-18-31(19-15-24)29(35)37-30(2,3)4)25-9-12-27-23(20-25)13-17-32(28(27)34)21-22-7-10-26(36-5)11-8-22/h7-13,17,20,24H,6,14-16,18-19,21H2,1-5H3. The van der Waals surface area contributed by atoms with Gasteiger partial charge in [-0.2, -0.15) is 0 Å². The van der Waals surface area contributed by atoms with Gasteiger partial charge in [-0.15, -0.1) is 0 Å². The predicted molar refractivity (Wildman–Crippen MR) is 149 cm³/mol. The number of methoxy groups -OCH3 is 1. The number of nitrogens with zero attached hydrogens (tertiary/aromatic N) is 3. The van der Waals surface area contributed by atoms with Crippen LogP contribution in [0, 0.1) is 0 Å². The summed E-state index contributed by atoms with van der Waals surface area (Å²) in [6.07, 6.45) is 4.45. The van der Waals surface area contributed by atoms with E-state index in [4.69, 9.17) is 9.47 Å². The van der Waals surface area contributed by atoms with E-state index in [1.807, 2.05) is 68.3 Å². The Morgan fingerprint density at radius 1 is 1.05 bits per heavy atom. The SMILES string of the molecule is CCCN(c1ccc2c(=O)n(Cc3ccc(OC)cc3)ccc2c1)C1CCN(C(=O)OC(C)(C)C)CC1. The van der Waals surface area contributed by atoms with Crippen molar-refractivity contribution in [2.24, 2.45) is 0 Å². The second-order valence-electron chi connectivity index (χ2n) is 10.8. The van der Waals surface area contributed by atoms with E-state index < -0.39 is 5.60 Å². The van der Waals surface area contributed by atoms with Gasteiger partial charge in [-0.05, 0) is 87.4 Å². The maximum Gasteiger partial charge on any atom is 0.410 e. The number of benzene rings is 2. The van der Waals surface area contributed by atoms with Gasteiger partial charge in [0.1, 0.15) is 11.4 Å². The number of ether oxygens (including phenoxy) is 2. The molecule has 0 bridgehead atoms. The highest BCUT2D eigenvalue weighted by Gasteiger charge is 2.29. The molecule has 1 aliphatic heterocycles. The van der Waals surface area contributed by atoms with Gasteiger partial charge >= 0.3 is 6.09 Å². The average molecular weight is 506 g/mol. The topological polar surface area (TPSA) is 64.0 Å². The van der Waals surface area contributed by atoms with E-state index in [9.17, 15) is 9.59 Å². The number of carbonyl (C=O) groups is 1. The van der Waals surface area contributed by atoms with E-state index in [1.165, 1.54) is 0 Å². The summed E-state index contributed by atoms with van der Waals surface area (Å²) in [5.41, 5.74) is 1.69. The number of pyridine rings is 1. The minimum absolute atomic E-state index is 0.00702. The van der Waals surface area contributed by atoms with Crippen LogP contribution in [0.1, 0.15) is 52.5 Å². The zero-order valence-electron chi connectivity index (χ0n) is 22.7. The Morgan fingerprint density at radius 2 is 1.76 bits per heavy atom. The van der Waals surface area contributed by atoms with Crippen LogP contribution in [0.2, 0.25) is 0 Å². The van der Waals surface area contributed by atoms with Gasteiger partial charge in [0.25, 0.3) is 5.56 Å². The number of amides is 1. The highest BCUT2D eigenvalue weighted by molar-refractivity contribution is 5.85. The van der Waals surface area contributed by atoms with E-state index in [-0.39, 0.29) is 11.7 Å². The van der Waals surface area contributed by atoms with Crippen molar-refractivity contribution >= 4 is 22.6 Å². The monoisotopic (exact) mass is 505 g/mol. The molecule has 1 fully saturated rings. The van der Waals surface area contributed by atoms with Crippen molar-refractivity contribution in [1.29, 1.82) is 0 Å². The van der Waals surface area contributed by atoms with Crippen LogP contribution in [0.15, 0.2) is 59.5 Å². The molecule has 1 aromatic heterocycles. The molecule has 0 radical (unpaired) electrons. The number of carbonyl (C=O) groups excluding carboxylic acids is 1. The minimum atomic E-state index is -0.486. The number of fused-ring (bicyclic) bond motifs is 1. The van der Waals surface area contributed by atoms with Gasteiger partial charge in [-0.1, -0.05) is 19.1 Å². The third-order valence-electron chi connectivity index (χ3n) is 6.83. The number of hydrogen-bond acceptors (Lipinski definition) is 5. The van der Waals surface area contributed by atoms with Crippen LogP contribution >= 0.6 is 0 Å².